The molecular formula is C8H8BrN2O2. The zero-order valence-corrected chi connectivity index (χ0v) is 8.54. The van der Waals surface area contributed by atoms with E-state index < -0.39 is 4.92 Å². The molecule has 0 aliphatic heterocycles. The molecule has 0 aromatic heterocycles. The molecule has 69 valence electrons. The first kappa shape index (κ1) is 9.98. The Morgan fingerprint density at radius 1 is 1.62 bits per heavy atom. The van der Waals surface area contributed by atoms with E-state index in [2.05, 4.69) is 21.2 Å². The molecule has 0 aliphatic carbocycles. The molecule has 1 rings (SSSR count). The Labute approximate surface area is 84.2 Å². The Morgan fingerprint density at radius 2 is 2.31 bits per heavy atom. The van der Waals surface area contributed by atoms with E-state index in [4.69, 9.17) is 0 Å². The van der Waals surface area contributed by atoms with Gasteiger partial charge in [0.05, 0.1) is 10.3 Å². The second-order valence-electron chi connectivity index (χ2n) is 2.36. The van der Waals surface area contributed by atoms with Crippen LogP contribution in [0.15, 0.2) is 18.2 Å². The monoisotopic (exact) mass is 243 g/mol. The molecule has 1 radical (unpaired) electrons. The minimum Gasteiger partial charge on any atom is -0.382 e. The molecule has 1 aromatic rings. The molecule has 0 amide bonds. The summed E-state index contributed by atoms with van der Waals surface area (Å²) in [4.78, 5) is 10.2. The second-order valence-corrected chi connectivity index (χ2v) is 2.82. The standard InChI is InChI=1S/C8H8BrN2O2/c1-10-8-6(5-9)3-2-4-7(8)11(12)13/h2-5,10H,1H3. The molecule has 0 saturated heterocycles. The zero-order valence-electron chi connectivity index (χ0n) is 6.95. The van der Waals surface area contributed by atoms with Crippen molar-refractivity contribution in [3.8, 4) is 0 Å². The first-order chi connectivity index (χ1) is 6.20. The third-order valence-electron chi connectivity index (χ3n) is 1.64. The van der Waals surface area contributed by atoms with Crippen molar-refractivity contribution in [2.75, 3.05) is 12.4 Å². The van der Waals surface area contributed by atoms with Gasteiger partial charge in [-0.15, -0.1) is 0 Å². The minimum atomic E-state index is -0.411. The molecule has 4 nitrogen and oxygen atoms in total. The van der Waals surface area contributed by atoms with Crippen LogP contribution < -0.4 is 5.32 Å². The van der Waals surface area contributed by atoms with E-state index in [-0.39, 0.29) is 5.69 Å². The van der Waals surface area contributed by atoms with Gasteiger partial charge >= 0.3 is 0 Å². The summed E-state index contributed by atoms with van der Waals surface area (Å²) in [5.74, 6) is 0. The molecule has 0 unspecified atom stereocenters. The first-order valence-corrected chi connectivity index (χ1v) is 4.51. The van der Waals surface area contributed by atoms with E-state index in [9.17, 15) is 10.1 Å². The van der Waals surface area contributed by atoms with Gasteiger partial charge < -0.3 is 5.32 Å². The lowest BCUT2D eigenvalue weighted by Gasteiger charge is -2.05. The van der Waals surface area contributed by atoms with Gasteiger partial charge in [-0.25, -0.2) is 0 Å². The summed E-state index contributed by atoms with van der Waals surface area (Å²) >= 11 is 3.14. The lowest BCUT2D eigenvalue weighted by atomic mass is 10.2. The molecule has 0 spiro atoms. The van der Waals surface area contributed by atoms with Crippen molar-refractivity contribution < 1.29 is 4.92 Å². The number of nitro groups is 1. The van der Waals surface area contributed by atoms with Crippen LogP contribution in [0.1, 0.15) is 5.56 Å². The van der Waals surface area contributed by atoms with Crippen LogP contribution in [-0.2, 0) is 0 Å². The van der Waals surface area contributed by atoms with E-state index in [1.807, 2.05) is 0 Å². The predicted octanol–water partition coefficient (Wildman–Crippen LogP) is 2.54. The van der Waals surface area contributed by atoms with Crippen LogP contribution in [0.2, 0.25) is 0 Å². The van der Waals surface area contributed by atoms with Crippen LogP contribution in [0, 0.1) is 15.4 Å². The Morgan fingerprint density at radius 3 is 2.77 bits per heavy atom. The highest BCUT2D eigenvalue weighted by Gasteiger charge is 2.14. The van der Waals surface area contributed by atoms with Crippen LogP contribution >= 0.6 is 15.9 Å². The fourth-order valence-corrected chi connectivity index (χ4v) is 1.45. The van der Waals surface area contributed by atoms with Gasteiger partial charge in [-0.05, 0) is 5.56 Å². The lowest BCUT2D eigenvalue weighted by Crippen LogP contribution is -1.98. The van der Waals surface area contributed by atoms with E-state index in [1.165, 1.54) is 6.07 Å². The van der Waals surface area contributed by atoms with Gasteiger partial charge in [-0.1, -0.05) is 28.1 Å². The van der Waals surface area contributed by atoms with Gasteiger partial charge in [0.1, 0.15) is 5.69 Å². The minimum absolute atomic E-state index is 0.0794. The van der Waals surface area contributed by atoms with E-state index >= 15 is 0 Å². The number of anilines is 1. The first-order valence-electron chi connectivity index (χ1n) is 3.59. The Balaban J connectivity index is 3.27. The average molecular weight is 244 g/mol. The van der Waals surface area contributed by atoms with Crippen molar-refractivity contribution in [3.63, 3.8) is 0 Å². The molecule has 0 saturated carbocycles. The Hall–Kier alpha value is -1.10. The number of hydrogen-bond acceptors (Lipinski definition) is 3. The number of nitrogens with zero attached hydrogens (tertiary/aromatic N) is 1. The number of nitro benzene ring substituents is 1. The number of halogens is 1. The molecule has 13 heavy (non-hydrogen) atoms. The molecule has 0 bridgehead atoms. The summed E-state index contributed by atoms with van der Waals surface area (Å²) in [6.07, 6.45) is 0. The third kappa shape index (κ3) is 1.98. The van der Waals surface area contributed by atoms with Crippen molar-refractivity contribution >= 4 is 27.3 Å². The SMILES string of the molecule is CNc1c([CH]Br)cccc1[N+](=O)[O-]. The summed E-state index contributed by atoms with van der Waals surface area (Å²) in [6.45, 7) is 0. The Bertz CT molecular complexity index is 328. The fraction of sp³-hybridized carbons (Fsp3) is 0.125. The summed E-state index contributed by atoms with van der Waals surface area (Å²) in [5, 5.41) is 15.0. The van der Waals surface area contributed by atoms with Gasteiger partial charge in [0.2, 0.25) is 0 Å². The number of hydrogen-bond donors (Lipinski definition) is 1. The molecule has 0 fully saturated rings. The molecule has 1 N–H and O–H groups in total. The van der Waals surface area contributed by atoms with Gasteiger partial charge in [0, 0.05) is 13.1 Å². The maximum absolute atomic E-state index is 10.6. The van der Waals surface area contributed by atoms with Crippen molar-refractivity contribution in [2.24, 2.45) is 0 Å². The van der Waals surface area contributed by atoms with E-state index in [0.29, 0.717) is 5.69 Å². The number of para-hydroxylation sites is 1. The topological polar surface area (TPSA) is 55.2 Å². The molecule has 5 heteroatoms. The third-order valence-corrected chi connectivity index (χ3v) is 2.13. The largest absolute Gasteiger partial charge is 0.382 e. The molecule has 0 atom stereocenters. The highest BCUT2D eigenvalue weighted by atomic mass is 79.9. The molecule has 0 aliphatic rings. The molecule has 0 heterocycles. The second kappa shape index (κ2) is 4.23. The maximum atomic E-state index is 10.6. The predicted molar refractivity (Wildman–Crippen MR) is 55.0 cm³/mol. The Kier molecular flexibility index (Phi) is 3.25. The van der Waals surface area contributed by atoms with Crippen LogP contribution in [-0.4, -0.2) is 12.0 Å². The summed E-state index contributed by atoms with van der Waals surface area (Å²) in [7, 11) is 1.66. The quantitative estimate of drug-likeness (QED) is 0.656. The summed E-state index contributed by atoms with van der Waals surface area (Å²) in [5.41, 5.74) is 1.36. The van der Waals surface area contributed by atoms with Crippen molar-refractivity contribution in [1.82, 2.24) is 0 Å². The lowest BCUT2D eigenvalue weighted by molar-refractivity contribution is -0.384. The van der Waals surface area contributed by atoms with Crippen molar-refractivity contribution in [2.45, 2.75) is 0 Å². The molecule has 1 aromatic carbocycles. The summed E-state index contributed by atoms with van der Waals surface area (Å²) < 4.78 is 0. The highest BCUT2D eigenvalue weighted by molar-refractivity contribution is 9.10. The number of rotatable bonds is 3. The number of benzene rings is 1. The van der Waals surface area contributed by atoms with Crippen molar-refractivity contribution in [3.05, 3.63) is 39.2 Å². The van der Waals surface area contributed by atoms with E-state index in [1.54, 1.807) is 24.5 Å². The van der Waals surface area contributed by atoms with Crippen molar-refractivity contribution in [1.29, 1.82) is 0 Å². The number of nitrogens with one attached hydrogen (secondary N) is 1. The normalized spacial score (nSPS) is 9.69. The van der Waals surface area contributed by atoms with Gasteiger partial charge in [0.15, 0.2) is 0 Å². The van der Waals surface area contributed by atoms with Gasteiger partial charge in [-0.3, -0.25) is 10.1 Å². The van der Waals surface area contributed by atoms with Crippen LogP contribution in [0.3, 0.4) is 0 Å². The van der Waals surface area contributed by atoms with Gasteiger partial charge in [0.25, 0.3) is 5.69 Å². The molecular weight excluding hydrogens is 236 g/mol. The highest BCUT2D eigenvalue weighted by Crippen LogP contribution is 2.29. The zero-order chi connectivity index (χ0) is 9.84. The van der Waals surface area contributed by atoms with Crippen LogP contribution in [0.5, 0.6) is 0 Å². The maximum Gasteiger partial charge on any atom is 0.292 e. The fourth-order valence-electron chi connectivity index (χ4n) is 1.07. The average Bonchev–Trinajstić information content (AvgIpc) is 2.16. The smallest absolute Gasteiger partial charge is 0.292 e. The summed E-state index contributed by atoms with van der Waals surface area (Å²) in [6, 6.07) is 4.89. The van der Waals surface area contributed by atoms with E-state index in [0.717, 1.165) is 5.56 Å². The van der Waals surface area contributed by atoms with Crippen LogP contribution in [0.4, 0.5) is 11.4 Å². The van der Waals surface area contributed by atoms with Crippen LogP contribution in [0.25, 0.3) is 0 Å². The van der Waals surface area contributed by atoms with Gasteiger partial charge in [-0.2, -0.15) is 0 Å².